The Morgan fingerprint density at radius 2 is 1.97 bits per heavy atom. The Kier molecular flexibility index (Phi) is 7.14. The van der Waals surface area contributed by atoms with Crippen molar-refractivity contribution in [3.63, 3.8) is 0 Å². The third kappa shape index (κ3) is 5.51. The highest BCUT2D eigenvalue weighted by molar-refractivity contribution is 7.80. The summed E-state index contributed by atoms with van der Waals surface area (Å²) in [7, 11) is 0. The maximum Gasteiger partial charge on any atom is 0.174 e. The zero-order chi connectivity index (χ0) is 20.6. The smallest absolute Gasteiger partial charge is 0.174 e. The Labute approximate surface area is 177 Å². The van der Waals surface area contributed by atoms with Crippen molar-refractivity contribution in [2.75, 3.05) is 31.3 Å². The first-order valence-electron chi connectivity index (χ1n) is 9.49. The van der Waals surface area contributed by atoms with E-state index in [1.165, 1.54) is 0 Å². The Balaban J connectivity index is 1.90. The molecule has 1 N–H and O–H groups in total. The van der Waals surface area contributed by atoms with Crippen molar-refractivity contribution in [1.82, 2.24) is 5.32 Å². The largest absolute Gasteiger partial charge is 0.489 e. The fourth-order valence-corrected chi connectivity index (χ4v) is 3.14. The highest BCUT2D eigenvalue weighted by Crippen LogP contribution is 2.35. The zero-order valence-corrected chi connectivity index (χ0v) is 17.5. The number of fused-ring (bicyclic) bond motifs is 1. The minimum absolute atomic E-state index is 0.444. The van der Waals surface area contributed by atoms with Crippen molar-refractivity contribution in [3.05, 3.63) is 72.8 Å². The standard InChI is InChI=1S/C23H26N2O3S/c1-4-11-26-20-8-6-5-7-18(20)16-25(23(29)24-15-17(2)3)19-9-10-21-22(14-19)28-13-12-27-21/h4-10,14H,1-2,11-13,15-16H2,3H3,(H,24,29). The first kappa shape index (κ1) is 20.7. The molecule has 1 heterocycles. The van der Waals surface area contributed by atoms with E-state index < -0.39 is 0 Å². The molecular formula is C23H26N2O3S. The molecule has 0 saturated carbocycles. The molecule has 2 aromatic carbocycles. The molecule has 0 radical (unpaired) electrons. The lowest BCUT2D eigenvalue weighted by Gasteiger charge is -2.28. The van der Waals surface area contributed by atoms with Gasteiger partial charge in [-0.3, -0.25) is 0 Å². The third-order valence-corrected chi connectivity index (χ3v) is 4.65. The van der Waals surface area contributed by atoms with E-state index in [-0.39, 0.29) is 0 Å². The van der Waals surface area contributed by atoms with E-state index in [0.29, 0.717) is 38.0 Å². The van der Waals surface area contributed by atoms with Crippen molar-refractivity contribution >= 4 is 23.0 Å². The molecule has 5 nitrogen and oxygen atoms in total. The molecule has 0 atom stereocenters. The van der Waals surface area contributed by atoms with Crippen molar-refractivity contribution < 1.29 is 14.2 Å². The van der Waals surface area contributed by atoms with Crippen molar-refractivity contribution in [1.29, 1.82) is 0 Å². The van der Waals surface area contributed by atoms with Crippen LogP contribution in [0.25, 0.3) is 0 Å². The first-order chi connectivity index (χ1) is 14.1. The average molecular weight is 411 g/mol. The predicted molar refractivity (Wildman–Crippen MR) is 121 cm³/mol. The van der Waals surface area contributed by atoms with E-state index in [1.54, 1.807) is 6.08 Å². The molecule has 0 aromatic heterocycles. The number of benzene rings is 2. The van der Waals surface area contributed by atoms with Gasteiger partial charge in [0.05, 0.1) is 6.54 Å². The Morgan fingerprint density at radius 3 is 2.72 bits per heavy atom. The third-order valence-electron chi connectivity index (χ3n) is 4.28. The van der Waals surface area contributed by atoms with Gasteiger partial charge >= 0.3 is 0 Å². The number of hydrogen-bond acceptors (Lipinski definition) is 4. The number of nitrogens with one attached hydrogen (secondary N) is 1. The highest BCUT2D eigenvalue weighted by atomic mass is 32.1. The molecule has 0 bridgehead atoms. The predicted octanol–water partition coefficient (Wildman–Crippen LogP) is 4.48. The molecule has 1 aliphatic rings. The molecule has 152 valence electrons. The molecule has 0 spiro atoms. The van der Waals surface area contributed by atoms with Crippen LogP contribution < -0.4 is 24.4 Å². The molecule has 0 fully saturated rings. The van der Waals surface area contributed by atoms with Crippen LogP contribution in [-0.4, -0.2) is 31.5 Å². The molecular weight excluding hydrogens is 384 g/mol. The van der Waals surface area contributed by atoms with Crippen molar-refractivity contribution in [3.8, 4) is 17.2 Å². The van der Waals surface area contributed by atoms with Gasteiger partial charge in [-0.2, -0.15) is 0 Å². The van der Waals surface area contributed by atoms with E-state index >= 15 is 0 Å². The number of ether oxygens (including phenoxy) is 3. The van der Waals surface area contributed by atoms with Gasteiger partial charge in [-0.05, 0) is 37.3 Å². The molecule has 2 aromatic rings. The molecule has 0 amide bonds. The fourth-order valence-electron chi connectivity index (χ4n) is 2.90. The molecule has 3 rings (SSSR count). The van der Waals surface area contributed by atoms with Gasteiger partial charge in [-0.25, -0.2) is 0 Å². The van der Waals surface area contributed by atoms with E-state index in [0.717, 1.165) is 34.1 Å². The van der Waals surface area contributed by atoms with Crippen LogP contribution in [0.5, 0.6) is 17.2 Å². The van der Waals surface area contributed by atoms with Gasteiger partial charge in [0.1, 0.15) is 25.6 Å². The quantitative estimate of drug-likeness (QED) is 0.511. The minimum atomic E-state index is 0.444. The summed E-state index contributed by atoms with van der Waals surface area (Å²) in [6, 6.07) is 13.8. The summed E-state index contributed by atoms with van der Waals surface area (Å²) < 4.78 is 17.2. The van der Waals surface area contributed by atoms with Gasteiger partial charge < -0.3 is 24.4 Å². The monoisotopic (exact) mass is 410 g/mol. The topological polar surface area (TPSA) is 43.0 Å². The van der Waals surface area contributed by atoms with Crippen LogP contribution in [0.1, 0.15) is 12.5 Å². The van der Waals surface area contributed by atoms with Gasteiger partial charge in [0.15, 0.2) is 16.6 Å². The highest BCUT2D eigenvalue weighted by Gasteiger charge is 2.19. The van der Waals surface area contributed by atoms with Crippen LogP contribution in [-0.2, 0) is 6.54 Å². The van der Waals surface area contributed by atoms with Crippen LogP contribution in [0.2, 0.25) is 0 Å². The summed E-state index contributed by atoms with van der Waals surface area (Å²) in [4.78, 5) is 2.02. The second kappa shape index (κ2) is 9.98. The normalized spacial score (nSPS) is 12.0. The molecule has 0 aliphatic carbocycles. The number of nitrogens with zero attached hydrogens (tertiary/aromatic N) is 1. The summed E-state index contributed by atoms with van der Waals surface area (Å²) >= 11 is 5.71. The van der Waals surface area contributed by atoms with Crippen LogP contribution in [0.15, 0.2) is 67.3 Å². The molecule has 0 unspecified atom stereocenters. The number of anilines is 1. The summed E-state index contributed by atoms with van der Waals surface area (Å²) in [5, 5.41) is 3.87. The lowest BCUT2D eigenvalue weighted by atomic mass is 10.1. The number of thiocarbonyl (C=S) groups is 1. The van der Waals surface area contributed by atoms with E-state index in [4.69, 9.17) is 26.4 Å². The molecule has 1 aliphatic heterocycles. The Bertz CT molecular complexity index is 897. The maximum atomic E-state index is 5.82. The lowest BCUT2D eigenvalue weighted by molar-refractivity contribution is 0.171. The minimum Gasteiger partial charge on any atom is -0.489 e. The summed E-state index contributed by atoms with van der Waals surface area (Å²) in [5.74, 6) is 2.27. The first-order valence-corrected chi connectivity index (χ1v) is 9.90. The second-order valence-corrected chi connectivity index (χ2v) is 7.12. The number of hydrogen-bond donors (Lipinski definition) is 1. The van der Waals surface area contributed by atoms with E-state index in [1.807, 2.05) is 54.3 Å². The van der Waals surface area contributed by atoms with Crippen LogP contribution in [0.3, 0.4) is 0 Å². The Morgan fingerprint density at radius 1 is 1.21 bits per heavy atom. The van der Waals surface area contributed by atoms with Crippen LogP contribution in [0, 0.1) is 0 Å². The van der Waals surface area contributed by atoms with Crippen molar-refractivity contribution in [2.45, 2.75) is 13.5 Å². The number of para-hydroxylation sites is 1. The summed E-state index contributed by atoms with van der Waals surface area (Å²) in [5.41, 5.74) is 2.93. The molecule has 6 heteroatoms. The van der Waals surface area contributed by atoms with E-state index in [2.05, 4.69) is 18.5 Å². The summed E-state index contributed by atoms with van der Waals surface area (Å²) in [6.45, 7) is 12.3. The van der Waals surface area contributed by atoms with Gasteiger partial charge in [-0.15, -0.1) is 0 Å². The van der Waals surface area contributed by atoms with Gasteiger partial charge in [0.2, 0.25) is 0 Å². The number of rotatable bonds is 8. The maximum absolute atomic E-state index is 5.82. The van der Waals surface area contributed by atoms with Crippen LogP contribution >= 0.6 is 12.2 Å². The van der Waals surface area contributed by atoms with E-state index in [9.17, 15) is 0 Å². The Hall–Kier alpha value is -2.99. The second-order valence-electron chi connectivity index (χ2n) is 6.74. The van der Waals surface area contributed by atoms with Gasteiger partial charge in [0, 0.05) is 23.9 Å². The van der Waals surface area contributed by atoms with Crippen molar-refractivity contribution in [2.24, 2.45) is 0 Å². The van der Waals surface area contributed by atoms with Gasteiger partial charge in [0.25, 0.3) is 0 Å². The molecule has 29 heavy (non-hydrogen) atoms. The fraction of sp³-hybridized carbons (Fsp3) is 0.261. The SMILES string of the molecule is C=CCOc1ccccc1CN(C(=S)NCC(=C)C)c1ccc2c(c1)OCCO2. The lowest BCUT2D eigenvalue weighted by Crippen LogP contribution is -2.40. The average Bonchev–Trinajstić information content (AvgIpc) is 2.74. The molecule has 0 saturated heterocycles. The van der Waals surface area contributed by atoms with Gasteiger partial charge in [-0.1, -0.05) is 43.0 Å². The summed E-state index contributed by atoms with van der Waals surface area (Å²) in [6.07, 6.45) is 1.73. The zero-order valence-electron chi connectivity index (χ0n) is 16.6. The van der Waals surface area contributed by atoms with Crippen LogP contribution in [0.4, 0.5) is 5.69 Å².